The number of piperidine rings is 1. The van der Waals surface area contributed by atoms with Gasteiger partial charge in [-0.3, -0.25) is 4.79 Å². The fourth-order valence-corrected chi connectivity index (χ4v) is 2.94. The Hall–Kier alpha value is -1.63. The number of rotatable bonds is 4. The summed E-state index contributed by atoms with van der Waals surface area (Å²) < 4.78 is 18.3. The lowest BCUT2D eigenvalue weighted by atomic mass is 10.0. The lowest BCUT2D eigenvalue weighted by molar-refractivity contribution is -0.133. The lowest BCUT2D eigenvalue weighted by Gasteiger charge is -2.35. The molecule has 1 unspecified atom stereocenters. The van der Waals surface area contributed by atoms with Crippen LogP contribution in [0.2, 0.25) is 0 Å². The van der Waals surface area contributed by atoms with Crippen molar-refractivity contribution in [2.45, 2.75) is 31.7 Å². The van der Waals surface area contributed by atoms with Gasteiger partial charge in [-0.2, -0.15) is 0 Å². The Morgan fingerprint density at radius 3 is 2.68 bits per heavy atom. The van der Waals surface area contributed by atoms with Gasteiger partial charge in [0.05, 0.1) is 12.1 Å². The molecule has 5 nitrogen and oxygen atoms in total. The molecule has 0 aliphatic carbocycles. The van der Waals surface area contributed by atoms with Gasteiger partial charge in [-0.25, -0.2) is 9.37 Å². The minimum Gasteiger partial charge on any atom is -0.444 e. The predicted octanol–water partition coefficient (Wildman–Crippen LogP) is 3.21. The fraction of sp³-hybridized carbons (Fsp3) is 0.412. The Bertz CT molecular complexity index is 679. The van der Waals surface area contributed by atoms with E-state index in [0.717, 1.165) is 25.8 Å². The average Bonchev–Trinajstić information content (AvgIpc) is 3.04. The second-order valence-electron chi connectivity index (χ2n) is 5.80. The minimum atomic E-state index is -0.311. The molecule has 1 atom stereocenters. The van der Waals surface area contributed by atoms with E-state index in [1.807, 2.05) is 4.90 Å². The first kappa shape index (κ1) is 21.4. The molecule has 3 rings (SSSR count). The molecule has 1 fully saturated rings. The summed E-state index contributed by atoms with van der Waals surface area (Å²) in [6, 6.07) is 6.03. The molecule has 0 spiro atoms. The quantitative estimate of drug-likeness (QED) is 0.870. The zero-order valence-corrected chi connectivity index (χ0v) is 15.3. The van der Waals surface area contributed by atoms with Crippen molar-refractivity contribution in [2.75, 3.05) is 13.1 Å². The maximum Gasteiger partial charge on any atom is 0.229 e. The summed E-state index contributed by atoms with van der Waals surface area (Å²) >= 11 is 0. The number of hydrogen-bond donors (Lipinski definition) is 1. The third-order valence-electron chi connectivity index (χ3n) is 4.19. The second-order valence-corrected chi connectivity index (χ2v) is 5.80. The summed E-state index contributed by atoms with van der Waals surface area (Å²) in [4.78, 5) is 18.7. The van der Waals surface area contributed by atoms with E-state index < -0.39 is 0 Å². The molecule has 2 heterocycles. The predicted molar refractivity (Wildman–Crippen MR) is 98.5 cm³/mol. The van der Waals surface area contributed by atoms with E-state index in [1.54, 1.807) is 12.1 Å². The van der Waals surface area contributed by atoms with Gasteiger partial charge in [-0.1, -0.05) is 0 Å². The Morgan fingerprint density at radius 2 is 2.00 bits per heavy atom. The first-order chi connectivity index (χ1) is 11.2. The first-order valence-electron chi connectivity index (χ1n) is 7.87. The molecule has 25 heavy (non-hydrogen) atoms. The SMILES string of the molecule is Cl.Cl.NCC1CCCCN1C(=O)Cc1coc(-c2ccc(F)cc2)n1. The molecule has 2 aromatic rings. The smallest absolute Gasteiger partial charge is 0.229 e. The van der Waals surface area contributed by atoms with Gasteiger partial charge in [0.1, 0.15) is 12.1 Å². The summed E-state index contributed by atoms with van der Waals surface area (Å²) in [5.41, 5.74) is 7.02. The van der Waals surface area contributed by atoms with Crippen molar-refractivity contribution in [2.24, 2.45) is 5.73 Å². The van der Waals surface area contributed by atoms with Crippen LogP contribution in [0.5, 0.6) is 0 Å². The first-order valence-corrected chi connectivity index (χ1v) is 7.87. The summed E-state index contributed by atoms with van der Waals surface area (Å²) in [5.74, 6) is 0.106. The van der Waals surface area contributed by atoms with Gasteiger partial charge < -0.3 is 15.1 Å². The number of benzene rings is 1. The van der Waals surface area contributed by atoms with Crippen molar-refractivity contribution >= 4 is 30.7 Å². The maximum atomic E-state index is 12.9. The summed E-state index contributed by atoms with van der Waals surface area (Å²) in [5, 5.41) is 0. The Morgan fingerprint density at radius 1 is 1.28 bits per heavy atom. The van der Waals surface area contributed by atoms with E-state index in [4.69, 9.17) is 10.2 Å². The molecule has 1 aliphatic rings. The minimum absolute atomic E-state index is 0. The van der Waals surface area contributed by atoms with Crippen molar-refractivity contribution in [1.29, 1.82) is 0 Å². The number of nitrogens with zero attached hydrogens (tertiary/aromatic N) is 2. The van der Waals surface area contributed by atoms with E-state index in [0.29, 0.717) is 23.7 Å². The number of amides is 1. The van der Waals surface area contributed by atoms with Gasteiger partial charge in [0.2, 0.25) is 11.8 Å². The van der Waals surface area contributed by atoms with Crippen LogP contribution in [-0.4, -0.2) is 34.9 Å². The Labute approximate surface area is 158 Å². The Balaban J connectivity index is 0.00000156. The highest BCUT2D eigenvalue weighted by Crippen LogP contribution is 2.21. The van der Waals surface area contributed by atoms with Crippen molar-refractivity contribution in [3.05, 3.63) is 42.0 Å². The van der Waals surface area contributed by atoms with Crippen LogP contribution in [0, 0.1) is 5.82 Å². The van der Waals surface area contributed by atoms with E-state index >= 15 is 0 Å². The van der Waals surface area contributed by atoms with Crippen molar-refractivity contribution in [3.63, 3.8) is 0 Å². The number of likely N-dealkylation sites (tertiary alicyclic amines) is 1. The number of carbonyl (C=O) groups is 1. The number of hydrogen-bond acceptors (Lipinski definition) is 4. The third kappa shape index (κ3) is 5.17. The molecule has 138 valence electrons. The van der Waals surface area contributed by atoms with E-state index in [9.17, 15) is 9.18 Å². The second kappa shape index (κ2) is 9.75. The van der Waals surface area contributed by atoms with Crippen LogP contribution < -0.4 is 5.73 Å². The zero-order valence-electron chi connectivity index (χ0n) is 13.7. The molecule has 0 bridgehead atoms. The summed E-state index contributed by atoms with van der Waals surface area (Å²) in [7, 11) is 0. The van der Waals surface area contributed by atoms with E-state index in [1.165, 1.54) is 18.4 Å². The highest BCUT2D eigenvalue weighted by molar-refractivity contribution is 5.85. The molecule has 1 saturated heterocycles. The fourth-order valence-electron chi connectivity index (χ4n) is 2.94. The molecule has 1 aromatic carbocycles. The number of halogens is 3. The molecular weight excluding hydrogens is 368 g/mol. The van der Waals surface area contributed by atoms with Gasteiger partial charge in [0.15, 0.2) is 0 Å². The average molecular weight is 390 g/mol. The molecule has 0 radical (unpaired) electrons. The van der Waals surface area contributed by atoms with Crippen LogP contribution in [0.1, 0.15) is 25.0 Å². The summed E-state index contributed by atoms with van der Waals surface area (Å²) in [6.07, 6.45) is 4.77. The van der Waals surface area contributed by atoms with Gasteiger partial charge in [-0.05, 0) is 43.5 Å². The van der Waals surface area contributed by atoms with E-state index in [2.05, 4.69) is 4.98 Å². The van der Waals surface area contributed by atoms with Crippen LogP contribution in [0.4, 0.5) is 4.39 Å². The number of aromatic nitrogens is 1. The standard InChI is InChI=1S/C17H20FN3O2.2ClH/c18-13-6-4-12(5-7-13)17-20-14(11-23-17)9-16(22)21-8-2-1-3-15(21)10-19;;/h4-7,11,15H,1-3,8-10,19H2;2*1H. The molecule has 1 amide bonds. The van der Waals surface area contributed by atoms with Gasteiger partial charge in [0.25, 0.3) is 0 Å². The number of nitrogens with two attached hydrogens (primary N) is 1. The van der Waals surface area contributed by atoms with Gasteiger partial charge >= 0.3 is 0 Å². The highest BCUT2D eigenvalue weighted by Gasteiger charge is 2.26. The van der Waals surface area contributed by atoms with Crippen LogP contribution in [0.25, 0.3) is 11.5 Å². The van der Waals surface area contributed by atoms with Gasteiger partial charge in [-0.15, -0.1) is 24.8 Å². The normalized spacial score (nSPS) is 16.7. The molecule has 8 heteroatoms. The number of carbonyl (C=O) groups excluding carboxylic acids is 1. The number of oxazole rings is 1. The molecule has 1 aromatic heterocycles. The monoisotopic (exact) mass is 389 g/mol. The van der Waals surface area contributed by atoms with Gasteiger partial charge in [0, 0.05) is 24.7 Å². The maximum absolute atomic E-state index is 12.9. The summed E-state index contributed by atoms with van der Waals surface area (Å²) in [6.45, 7) is 1.24. The Kier molecular flexibility index (Phi) is 8.35. The third-order valence-corrected chi connectivity index (χ3v) is 4.19. The largest absolute Gasteiger partial charge is 0.444 e. The van der Waals surface area contributed by atoms with Crippen molar-refractivity contribution < 1.29 is 13.6 Å². The van der Waals surface area contributed by atoms with Crippen LogP contribution >= 0.6 is 24.8 Å². The zero-order chi connectivity index (χ0) is 16.2. The van der Waals surface area contributed by atoms with Crippen LogP contribution in [0.3, 0.4) is 0 Å². The van der Waals surface area contributed by atoms with Crippen LogP contribution in [-0.2, 0) is 11.2 Å². The van der Waals surface area contributed by atoms with Crippen molar-refractivity contribution in [1.82, 2.24) is 9.88 Å². The highest BCUT2D eigenvalue weighted by atomic mass is 35.5. The lowest BCUT2D eigenvalue weighted by Crippen LogP contribution is -2.48. The topological polar surface area (TPSA) is 72.4 Å². The van der Waals surface area contributed by atoms with E-state index in [-0.39, 0.29) is 49.0 Å². The van der Waals surface area contributed by atoms with Crippen LogP contribution in [0.15, 0.2) is 34.9 Å². The molecule has 0 saturated carbocycles. The van der Waals surface area contributed by atoms with Crippen molar-refractivity contribution in [3.8, 4) is 11.5 Å². The molecule has 2 N–H and O–H groups in total. The molecule has 1 aliphatic heterocycles. The molecular formula is C17H22Cl2FN3O2.